The Morgan fingerprint density at radius 1 is 1.28 bits per heavy atom. The Balaban J connectivity index is 2.11. The topological polar surface area (TPSA) is 98.5 Å². The van der Waals surface area contributed by atoms with E-state index in [9.17, 15) is 14.4 Å². The van der Waals surface area contributed by atoms with Crippen LogP contribution in [0.3, 0.4) is 0 Å². The molecule has 1 aromatic heterocycles. The van der Waals surface area contributed by atoms with E-state index in [1.807, 2.05) is 0 Å². The molecule has 25 heavy (non-hydrogen) atoms. The summed E-state index contributed by atoms with van der Waals surface area (Å²) in [7, 11) is 0. The van der Waals surface area contributed by atoms with Crippen molar-refractivity contribution in [3.05, 3.63) is 16.0 Å². The summed E-state index contributed by atoms with van der Waals surface area (Å²) in [6, 6.07) is 0. The number of esters is 1. The highest BCUT2D eigenvalue weighted by Gasteiger charge is 2.26. The third kappa shape index (κ3) is 5.04. The lowest BCUT2D eigenvalue weighted by Crippen LogP contribution is -2.18. The maximum absolute atomic E-state index is 12.2. The molecule has 1 heterocycles. The first kappa shape index (κ1) is 19.4. The van der Waals surface area contributed by atoms with Crippen molar-refractivity contribution in [2.75, 3.05) is 5.32 Å². The fraction of sp³-hybridized carbons (Fsp3) is 0.611. The molecular weight excluding hydrogens is 340 g/mol. The van der Waals surface area contributed by atoms with Gasteiger partial charge in [0.1, 0.15) is 9.88 Å². The lowest BCUT2D eigenvalue weighted by molar-refractivity contribution is -0.116. The second-order valence-corrected chi connectivity index (χ2v) is 7.84. The SMILES string of the molecule is Cc1c(C(=O)OC(C)C)sc(NC(=O)CCC2CCCC2)c1C(N)=O. The number of hydrogen-bond acceptors (Lipinski definition) is 5. The molecule has 0 spiro atoms. The highest BCUT2D eigenvalue weighted by molar-refractivity contribution is 7.18. The molecule has 1 aliphatic rings. The van der Waals surface area contributed by atoms with Gasteiger partial charge in [0, 0.05) is 6.42 Å². The number of nitrogens with one attached hydrogen (secondary N) is 1. The van der Waals surface area contributed by atoms with E-state index >= 15 is 0 Å². The molecule has 6 nitrogen and oxygen atoms in total. The molecule has 2 rings (SSSR count). The van der Waals surface area contributed by atoms with Crippen LogP contribution in [-0.2, 0) is 9.53 Å². The van der Waals surface area contributed by atoms with Crippen LogP contribution in [-0.4, -0.2) is 23.9 Å². The Kier molecular flexibility index (Phi) is 6.58. The summed E-state index contributed by atoms with van der Waals surface area (Å²) in [5.74, 6) is -0.711. The van der Waals surface area contributed by atoms with Gasteiger partial charge in [0.15, 0.2) is 0 Å². The number of thiophene rings is 1. The third-order valence-electron chi connectivity index (χ3n) is 4.43. The first-order valence-electron chi connectivity index (χ1n) is 8.73. The van der Waals surface area contributed by atoms with E-state index in [0.717, 1.165) is 17.8 Å². The third-order valence-corrected chi connectivity index (χ3v) is 5.62. The number of primary amides is 1. The van der Waals surface area contributed by atoms with Gasteiger partial charge in [0.05, 0.1) is 11.7 Å². The lowest BCUT2D eigenvalue weighted by Gasteiger charge is -2.09. The summed E-state index contributed by atoms with van der Waals surface area (Å²) in [6.45, 7) is 5.14. The van der Waals surface area contributed by atoms with Crippen LogP contribution in [0.1, 0.15) is 78.0 Å². The van der Waals surface area contributed by atoms with Crippen molar-refractivity contribution >= 4 is 34.1 Å². The van der Waals surface area contributed by atoms with Gasteiger partial charge < -0.3 is 15.8 Å². The number of carbonyl (C=O) groups is 3. The fourth-order valence-corrected chi connectivity index (χ4v) is 4.30. The van der Waals surface area contributed by atoms with E-state index in [1.165, 1.54) is 25.7 Å². The van der Waals surface area contributed by atoms with Crippen molar-refractivity contribution < 1.29 is 19.1 Å². The van der Waals surface area contributed by atoms with E-state index in [4.69, 9.17) is 10.5 Å². The second-order valence-electron chi connectivity index (χ2n) is 6.82. The predicted molar refractivity (Wildman–Crippen MR) is 97.9 cm³/mol. The van der Waals surface area contributed by atoms with Crippen LogP contribution in [0.4, 0.5) is 5.00 Å². The second kappa shape index (κ2) is 8.47. The Morgan fingerprint density at radius 3 is 2.48 bits per heavy atom. The maximum atomic E-state index is 12.2. The van der Waals surface area contributed by atoms with Crippen LogP contribution in [0.2, 0.25) is 0 Å². The number of anilines is 1. The van der Waals surface area contributed by atoms with Gasteiger partial charge in [0.25, 0.3) is 5.91 Å². The summed E-state index contributed by atoms with van der Waals surface area (Å²) >= 11 is 1.04. The molecule has 0 saturated heterocycles. The smallest absolute Gasteiger partial charge is 0.348 e. The van der Waals surface area contributed by atoms with Crippen molar-refractivity contribution in [2.24, 2.45) is 11.7 Å². The summed E-state index contributed by atoms with van der Waals surface area (Å²) in [5, 5.41) is 3.09. The number of ether oxygens (including phenoxy) is 1. The largest absolute Gasteiger partial charge is 0.459 e. The average Bonchev–Trinajstić information content (AvgIpc) is 3.12. The molecule has 3 N–H and O–H groups in total. The van der Waals surface area contributed by atoms with Crippen LogP contribution in [0.15, 0.2) is 0 Å². The van der Waals surface area contributed by atoms with E-state index < -0.39 is 11.9 Å². The molecule has 138 valence electrons. The van der Waals surface area contributed by atoms with Gasteiger partial charge in [-0.1, -0.05) is 25.7 Å². The maximum Gasteiger partial charge on any atom is 0.348 e. The number of hydrogen-bond donors (Lipinski definition) is 2. The van der Waals surface area contributed by atoms with Crippen molar-refractivity contribution in [1.29, 1.82) is 0 Å². The molecule has 1 saturated carbocycles. The average molecular weight is 366 g/mol. The molecule has 1 fully saturated rings. The molecule has 0 bridgehead atoms. The Labute approximate surface area is 152 Å². The molecule has 0 unspecified atom stereocenters. The molecule has 0 radical (unpaired) electrons. The van der Waals surface area contributed by atoms with Gasteiger partial charge in [-0.3, -0.25) is 9.59 Å². The highest BCUT2D eigenvalue weighted by Crippen LogP contribution is 2.34. The van der Waals surface area contributed by atoms with Crippen molar-refractivity contribution in [3.8, 4) is 0 Å². The number of carbonyl (C=O) groups excluding carboxylic acids is 3. The van der Waals surface area contributed by atoms with E-state index in [2.05, 4.69) is 5.32 Å². The van der Waals surface area contributed by atoms with Crippen molar-refractivity contribution in [1.82, 2.24) is 0 Å². The minimum Gasteiger partial charge on any atom is -0.459 e. The first-order chi connectivity index (χ1) is 11.8. The monoisotopic (exact) mass is 366 g/mol. The zero-order valence-electron chi connectivity index (χ0n) is 15.0. The van der Waals surface area contributed by atoms with Crippen LogP contribution in [0.5, 0.6) is 0 Å². The summed E-state index contributed by atoms with van der Waals surface area (Å²) in [4.78, 5) is 36.5. The number of amides is 2. The minimum atomic E-state index is -0.663. The summed E-state index contributed by atoms with van der Waals surface area (Å²) < 4.78 is 5.19. The van der Waals surface area contributed by atoms with Gasteiger partial charge in [0.2, 0.25) is 5.91 Å². The number of rotatable bonds is 7. The van der Waals surface area contributed by atoms with Gasteiger partial charge >= 0.3 is 5.97 Å². The standard InChI is InChI=1S/C18H26N2O4S/c1-10(2)24-18(23)15-11(3)14(16(19)22)17(25-15)20-13(21)9-8-12-6-4-5-7-12/h10,12H,4-9H2,1-3H3,(H2,19,22)(H,20,21). The number of nitrogens with two attached hydrogens (primary N) is 1. The first-order valence-corrected chi connectivity index (χ1v) is 9.55. The molecule has 0 atom stereocenters. The van der Waals surface area contributed by atoms with Crippen LogP contribution < -0.4 is 11.1 Å². The van der Waals surface area contributed by atoms with E-state index in [-0.39, 0.29) is 17.6 Å². The normalized spacial score (nSPS) is 14.7. The van der Waals surface area contributed by atoms with E-state index in [1.54, 1.807) is 20.8 Å². The van der Waals surface area contributed by atoms with Gasteiger partial charge in [-0.15, -0.1) is 11.3 Å². The lowest BCUT2D eigenvalue weighted by atomic mass is 10.0. The zero-order chi connectivity index (χ0) is 18.6. The van der Waals surface area contributed by atoms with Crippen molar-refractivity contribution in [3.63, 3.8) is 0 Å². The quantitative estimate of drug-likeness (QED) is 0.720. The van der Waals surface area contributed by atoms with Crippen LogP contribution >= 0.6 is 11.3 Å². The highest BCUT2D eigenvalue weighted by atomic mass is 32.1. The molecule has 1 aliphatic carbocycles. The molecule has 2 amide bonds. The van der Waals surface area contributed by atoms with Gasteiger partial charge in [-0.2, -0.15) is 0 Å². The molecular formula is C18H26N2O4S. The van der Waals surface area contributed by atoms with Crippen molar-refractivity contribution in [2.45, 2.75) is 65.4 Å². The fourth-order valence-electron chi connectivity index (χ4n) is 3.18. The molecule has 0 aliphatic heterocycles. The van der Waals surface area contributed by atoms with Gasteiger partial charge in [-0.25, -0.2) is 4.79 Å². The van der Waals surface area contributed by atoms with Crippen LogP contribution in [0, 0.1) is 12.8 Å². The van der Waals surface area contributed by atoms with Gasteiger partial charge in [-0.05, 0) is 38.7 Å². The van der Waals surface area contributed by atoms with Crippen LogP contribution in [0.25, 0.3) is 0 Å². The zero-order valence-corrected chi connectivity index (χ0v) is 15.8. The molecule has 0 aromatic carbocycles. The molecule has 7 heteroatoms. The summed E-state index contributed by atoms with van der Waals surface area (Å²) in [6.07, 6.45) is 5.84. The Morgan fingerprint density at radius 2 is 1.92 bits per heavy atom. The van der Waals surface area contributed by atoms with E-state index in [0.29, 0.717) is 27.8 Å². The Hall–Kier alpha value is -1.89. The Bertz CT molecular complexity index is 660. The molecule has 1 aromatic rings. The predicted octanol–water partition coefficient (Wildman–Crippen LogP) is 3.63. The summed E-state index contributed by atoms with van der Waals surface area (Å²) in [5.41, 5.74) is 6.09. The minimum absolute atomic E-state index is 0.153.